The average Bonchev–Trinajstić information content (AvgIpc) is 2.47. The van der Waals surface area contributed by atoms with E-state index in [1.165, 1.54) is 12.1 Å². The second kappa shape index (κ2) is 8.62. The molecule has 0 spiro atoms. The molecule has 0 bridgehead atoms. The van der Waals surface area contributed by atoms with Gasteiger partial charge in [0, 0.05) is 12.1 Å². The molecule has 3 N–H and O–H groups in total. The van der Waals surface area contributed by atoms with Crippen molar-refractivity contribution in [2.24, 2.45) is 0 Å². The molecular weight excluding hydrogens is 315 g/mol. The fourth-order valence-electron chi connectivity index (χ4n) is 2.02. The minimum atomic E-state index is -1.25. The van der Waals surface area contributed by atoms with E-state index in [1.807, 2.05) is 6.07 Å². The number of carbonyl (C=O) groups is 1. The van der Waals surface area contributed by atoms with Gasteiger partial charge in [0.1, 0.15) is 17.5 Å². The van der Waals surface area contributed by atoms with Gasteiger partial charge in [-0.3, -0.25) is 0 Å². The molecule has 0 aliphatic carbocycles. The number of hydrogen-bond donors (Lipinski definition) is 3. The molecule has 2 atom stereocenters. The zero-order valence-corrected chi connectivity index (χ0v) is 14.0. The fraction of sp³-hybridized carbons (Fsp3) is 0.529. The lowest BCUT2D eigenvalue weighted by Crippen LogP contribution is -2.34. The molecule has 1 aromatic rings. The Morgan fingerprint density at radius 1 is 1.42 bits per heavy atom. The number of ether oxygens (including phenoxy) is 1. The molecule has 1 rings (SSSR count). The van der Waals surface area contributed by atoms with Crippen molar-refractivity contribution in [1.82, 2.24) is 5.32 Å². The molecule has 0 saturated carbocycles. The smallest absolute Gasteiger partial charge is 0.407 e. The maximum Gasteiger partial charge on any atom is 0.407 e. The summed E-state index contributed by atoms with van der Waals surface area (Å²) in [7, 11) is 0. The predicted molar refractivity (Wildman–Crippen MR) is 85.5 cm³/mol. The first-order valence-corrected chi connectivity index (χ1v) is 7.62. The summed E-state index contributed by atoms with van der Waals surface area (Å²) in [4.78, 5) is 11.5. The third-order valence-electron chi connectivity index (χ3n) is 3.15. The number of amides is 1. The molecule has 0 aromatic heterocycles. The van der Waals surface area contributed by atoms with Crippen LogP contribution in [0, 0.1) is 17.1 Å². The van der Waals surface area contributed by atoms with Crippen LogP contribution in [0.5, 0.6) is 0 Å². The summed E-state index contributed by atoms with van der Waals surface area (Å²) in [6.07, 6.45) is -3.04. The van der Waals surface area contributed by atoms with E-state index in [9.17, 15) is 19.4 Å². The van der Waals surface area contributed by atoms with Crippen LogP contribution in [0.3, 0.4) is 0 Å². The van der Waals surface area contributed by atoms with Crippen molar-refractivity contribution < 1.29 is 24.1 Å². The van der Waals surface area contributed by atoms with Gasteiger partial charge < -0.3 is 20.3 Å². The molecule has 0 aliphatic heterocycles. The number of benzene rings is 1. The maximum absolute atomic E-state index is 13.5. The molecule has 7 heteroatoms. The summed E-state index contributed by atoms with van der Waals surface area (Å²) in [6, 6.07) is 5.70. The number of alkyl carbamates (subject to hydrolysis) is 1. The van der Waals surface area contributed by atoms with Crippen LogP contribution in [0.1, 0.15) is 44.4 Å². The van der Waals surface area contributed by atoms with Gasteiger partial charge in [0.15, 0.2) is 0 Å². The number of rotatable bonds is 6. The Morgan fingerprint density at radius 3 is 2.67 bits per heavy atom. The van der Waals surface area contributed by atoms with E-state index < -0.39 is 29.7 Å². The fourth-order valence-corrected chi connectivity index (χ4v) is 2.02. The second-order valence-electron chi connectivity index (χ2n) is 6.42. The monoisotopic (exact) mass is 338 g/mol. The SMILES string of the molecule is CC(C)(C)OC(=O)NCCC(O)C(O)c1ccc(F)c(CC#N)c1. The number of nitrogens with one attached hydrogen (secondary N) is 1. The summed E-state index contributed by atoms with van der Waals surface area (Å²) in [5, 5.41) is 31.3. The van der Waals surface area contributed by atoms with Crippen LogP contribution < -0.4 is 5.32 Å². The van der Waals surface area contributed by atoms with E-state index >= 15 is 0 Å². The Balaban J connectivity index is 2.56. The minimum Gasteiger partial charge on any atom is -0.444 e. The van der Waals surface area contributed by atoms with Crippen LogP contribution in [0.2, 0.25) is 0 Å². The van der Waals surface area contributed by atoms with Crippen LogP contribution >= 0.6 is 0 Å². The van der Waals surface area contributed by atoms with Gasteiger partial charge in [0.2, 0.25) is 0 Å². The molecule has 1 amide bonds. The number of nitriles is 1. The van der Waals surface area contributed by atoms with Gasteiger partial charge in [-0.1, -0.05) is 6.07 Å². The Kier molecular flexibility index (Phi) is 7.14. The van der Waals surface area contributed by atoms with E-state index in [0.29, 0.717) is 5.56 Å². The lowest BCUT2D eigenvalue weighted by molar-refractivity contribution is 0.0122. The van der Waals surface area contributed by atoms with Gasteiger partial charge in [-0.2, -0.15) is 5.26 Å². The van der Waals surface area contributed by atoms with Crippen molar-refractivity contribution in [3.63, 3.8) is 0 Å². The van der Waals surface area contributed by atoms with E-state index in [2.05, 4.69) is 5.32 Å². The highest BCUT2D eigenvalue weighted by atomic mass is 19.1. The van der Waals surface area contributed by atoms with Crippen molar-refractivity contribution >= 4 is 6.09 Å². The second-order valence-corrected chi connectivity index (χ2v) is 6.42. The van der Waals surface area contributed by atoms with Crippen LogP contribution in [0.25, 0.3) is 0 Å². The van der Waals surface area contributed by atoms with Crippen LogP contribution in [0.15, 0.2) is 18.2 Å². The summed E-state index contributed by atoms with van der Waals surface area (Å²) in [5.74, 6) is -0.534. The summed E-state index contributed by atoms with van der Waals surface area (Å²) in [5.41, 5.74) is -0.146. The van der Waals surface area contributed by atoms with Crippen molar-refractivity contribution in [2.45, 2.75) is 51.4 Å². The molecule has 0 fully saturated rings. The largest absolute Gasteiger partial charge is 0.444 e. The van der Waals surface area contributed by atoms with Crippen molar-refractivity contribution in [3.05, 3.63) is 35.1 Å². The molecule has 1 aromatic carbocycles. The molecular formula is C17H23FN2O4. The molecule has 0 aliphatic rings. The first-order valence-electron chi connectivity index (χ1n) is 7.62. The van der Waals surface area contributed by atoms with Gasteiger partial charge in [-0.15, -0.1) is 0 Å². The number of carbonyl (C=O) groups excluding carboxylic acids is 1. The molecule has 0 heterocycles. The van der Waals surface area contributed by atoms with Crippen molar-refractivity contribution in [2.75, 3.05) is 6.54 Å². The summed E-state index contributed by atoms with van der Waals surface area (Å²) in [6.45, 7) is 5.31. The van der Waals surface area contributed by atoms with Crippen LogP contribution in [0.4, 0.5) is 9.18 Å². The lowest BCUT2D eigenvalue weighted by Gasteiger charge is -2.21. The maximum atomic E-state index is 13.5. The standard InChI is InChI=1S/C17H23FN2O4/c1-17(2,3)24-16(23)20-9-7-14(21)15(22)12-4-5-13(18)11(10-12)6-8-19/h4-5,10,14-15,21-22H,6-7,9H2,1-3H3,(H,20,23). The molecule has 24 heavy (non-hydrogen) atoms. The minimum absolute atomic E-state index is 0.0887. The average molecular weight is 338 g/mol. The van der Waals surface area contributed by atoms with Crippen molar-refractivity contribution in [1.29, 1.82) is 5.26 Å². The summed E-state index contributed by atoms with van der Waals surface area (Å²) < 4.78 is 18.5. The van der Waals surface area contributed by atoms with E-state index in [0.717, 1.165) is 6.07 Å². The number of aliphatic hydroxyl groups excluding tert-OH is 2. The zero-order valence-electron chi connectivity index (χ0n) is 14.0. The van der Waals surface area contributed by atoms with E-state index in [1.54, 1.807) is 20.8 Å². The third-order valence-corrected chi connectivity index (χ3v) is 3.15. The highest BCUT2D eigenvalue weighted by Crippen LogP contribution is 2.22. The van der Waals surface area contributed by atoms with Crippen molar-refractivity contribution in [3.8, 4) is 6.07 Å². The van der Waals surface area contributed by atoms with Crippen LogP contribution in [-0.4, -0.2) is 34.6 Å². The number of nitrogens with zero attached hydrogens (tertiary/aromatic N) is 1. The van der Waals surface area contributed by atoms with Crippen LogP contribution in [-0.2, 0) is 11.2 Å². The quantitative estimate of drug-likeness (QED) is 0.738. The number of hydrogen-bond acceptors (Lipinski definition) is 5. The summed E-state index contributed by atoms with van der Waals surface area (Å²) >= 11 is 0. The molecule has 132 valence electrons. The topological polar surface area (TPSA) is 103 Å². The molecule has 6 nitrogen and oxygen atoms in total. The van der Waals surface area contributed by atoms with Gasteiger partial charge in [0.05, 0.1) is 18.6 Å². The predicted octanol–water partition coefficient (Wildman–Crippen LogP) is 2.20. The Morgan fingerprint density at radius 2 is 2.08 bits per heavy atom. The molecule has 0 saturated heterocycles. The Labute approximate surface area is 140 Å². The van der Waals surface area contributed by atoms with Gasteiger partial charge in [0.25, 0.3) is 0 Å². The highest BCUT2D eigenvalue weighted by molar-refractivity contribution is 5.67. The first-order chi connectivity index (χ1) is 11.1. The molecule has 0 radical (unpaired) electrons. The Hall–Kier alpha value is -2.17. The third kappa shape index (κ3) is 6.52. The molecule has 2 unspecified atom stereocenters. The number of halogens is 1. The van der Waals surface area contributed by atoms with Gasteiger partial charge in [-0.05, 0) is 44.9 Å². The van der Waals surface area contributed by atoms with E-state index in [4.69, 9.17) is 10.00 Å². The van der Waals surface area contributed by atoms with Gasteiger partial charge in [-0.25, -0.2) is 9.18 Å². The van der Waals surface area contributed by atoms with E-state index in [-0.39, 0.29) is 24.9 Å². The normalized spacial score (nSPS) is 13.7. The highest BCUT2D eigenvalue weighted by Gasteiger charge is 2.21. The Bertz CT molecular complexity index is 608. The van der Waals surface area contributed by atoms with Gasteiger partial charge >= 0.3 is 6.09 Å². The zero-order chi connectivity index (χ0) is 18.3. The first kappa shape index (κ1) is 19.9. The lowest BCUT2D eigenvalue weighted by atomic mass is 9.99. The number of aliphatic hydroxyl groups is 2.